The molecule has 1 atom stereocenters. The fourth-order valence-corrected chi connectivity index (χ4v) is 2.76. The van der Waals surface area contributed by atoms with Gasteiger partial charge in [0.25, 0.3) is 0 Å². The summed E-state index contributed by atoms with van der Waals surface area (Å²) in [5, 5.41) is 0. The fraction of sp³-hybridized carbons (Fsp3) is 0.125. The molecular formula is C24H20O4. The highest BCUT2D eigenvalue weighted by Crippen LogP contribution is 2.25. The molecule has 0 radical (unpaired) electrons. The van der Waals surface area contributed by atoms with Crippen molar-refractivity contribution >= 4 is 18.0 Å². The number of rotatable bonds is 6. The third kappa shape index (κ3) is 4.41. The number of hydrogen-bond acceptors (Lipinski definition) is 4. The van der Waals surface area contributed by atoms with Gasteiger partial charge >= 0.3 is 5.97 Å². The molecule has 140 valence electrons. The highest BCUT2D eigenvalue weighted by molar-refractivity contribution is 6.02. The first-order valence-corrected chi connectivity index (χ1v) is 8.91. The highest BCUT2D eigenvalue weighted by Gasteiger charge is 2.26. The Morgan fingerprint density at radius 1 is 0.750 bits per heavy atom. The van der Waals surface area contributed by atoms with Crippen LogP contribution in [0.5, 0.6) is 0 Å². The number of aryl methyl sites for hydroxylation is 2. The zero-order chi connectivity index (χ0) is 20.1. The van der Waals surface area contributed by atoms with E-state index >= 15 is 0 Å². The van der Waals surface area contributed by atoms with Crippen LogP contribution in [0.25, 0.3) is 0 Å². The lowest BCUT2D eigenvalue weighted by Gasteiger charge is -2.18. The highest BCUT2D eigenvalue weighted by atomic mass is 16.5. The molecule has 0 unspecified atom stereocenters. The van der Waals surface area contributed by atoms with Crippen molar-refractivity contribution in [3.8, 4) is 0 Å². The Balaban J connectivity index is 1.92. The summed E-state index contributed by atoms with van der Waals surface area (Å²) in [6.45, 7) is 3.88. The average Bonchev–Trinajstić information content (AvgIpc) is 2.73. The molecule has 4 nitrogen and oxygen atoms in total. The second-order valence-corrected chi connectivity index (χ2v) is 6.67. The van der Waals surface area contributed by atoms with E-state index in [1.54, 1.807) is 24.3 Å². The third-order valence-electron chi connectivity index (χ3n) is 4.46. The minimum absolute atomic E-state index is 0.277. The van der Waals surface area contributed by atoms with Crippen LogP contribution in [0.1, 0.15) is 53.9 Å². The number of hydrogen-bond donors (Lipinski definition) is 0. The fourth-order valence-electron chi connectivity index (χ4n) is 2.76. The predicted octanol–water partition coefficient (Wildman–Crippen LogP) is 4.90. The van der Waals surface area contributed by atoms with Crippen molar-refractivity contribution in [2.24, 2.45) is 0 Å². The van der Waals surface area contributed by atoms with Gasteiger partial charge in [0.2, 0.25) is 5.78 Å². The first-order valence-electron chi connectivity index (χ1n) is 8.91. The molecule has 3 aromatic rings. The van der Waals surface area contributed by atoms with Crippen LogP contribution in [0.3, 0.4) is 0 Å². The quantitative estimate of drug-likeness (QED) is 0.351. The van der Waals surface area contributed by atoms with E-state index in [0.29, 0.717) is 23.0 Å². The van der Waals surface area contributed by atoms with Gasteiger partial charge in [0.05, 0.1) is 5.56 Å². The first kappa shape index (κ1) is 19.2. The van der Waals surface area contributed by atoms with Crippen LogP contribution in [0, 0.1) is 13.8 Å². The van der Waals surface area contributed by atoms with Crippen LogP contribution in [0.15, 0.2) is 72.8 Å². The maximum absolute atomic E-state index is 13.1. The largest absolute Gasteiger partial charge is 0.445 e. The molecule has 0 fully saturated rings. The van der Waals surface area contributed by atoms with E-state index in [1.807, 2.05) is 38.1 Å². The Kier molecular flexibility index (Phi) is 5.80. The maximum Gasteiger partial charge on any atom is 0.339 e. The molecule has 3 rings (SSSR count). The summed E-state index contributed by atoms with van der Waals surface area (Å²) in [6, 6.07) is 20.6. The van der Waals surface area contributed by atoms with E-state index in [9.17, 15) is 14.4 Å². The van der Waals surface area contributed by atoms with Crippen LogP contribution in [0.4, 0.5) is 0 Å². The molecule has 3 aromatic carbocycles. The molecule has 0 N–H and O–H groups in total. The van der Waals surface area contributed by atoms with Crippen LogP contribution < -0.4 is 0 Å². The molecule has 0 heterocycles. The zero-order valence-electron chi connectivity index (χ0n) is 15.7. The Bertz CT molecular complexity index is 984. The van der Waals surface area contributed by atoms with Gasteiger partial charge in [-0.05, 0) is 26.0 Å². The molecule has 0 saturated heterocycles. The number of benzene rings is 3. The predicted molar refractivity (Wildman–Crippen MR) is 107 cm³/mol. The first-order chi connectivity index (χ1) is 13.5. The number of carbonyl (C=O) groups is 3. The number of Topliss-reactive ketones (excluding diaryl/α,β-unsaturated/α-hetero) is 1. The van der Waals surface area contributed by atoms with Gasteiger partial charge in [-0.1, -0.05) is 71.8 Å². The van der Waals surface area contributed by atoms with E-state index in [1.165, 1.54) is 24.3 Å². The second-order valence-electron chi connectivity index (χ2n) is 6.67. The van der Waals surface area contributed by atoms with Crippen LogP contribution >= 0.6 is 0 Å². The number of carbonyl (C=O) groups excluding carboxylic acids is 3. The zero-order valence-corrected chi connectivity index (χ0v) is 15.7. The molecule has 0 aliphatic rings. The lowest BCUT2D eigenvalue weighted by Crippen LogP contribution is -2.20. The van der Waals surface area contributed by atoms with Crippen molar-refractivity contribution in [3.63, 3.8) is 0 Å². The smallest absolute Gasteiger partial charge is 0.339 e. The molecule has 28 heavy (non-hydrogen) atoms. The molecular weight excluding hydrogens is 352 g/mol. The summed E-state index contributed by atoms with van der Waals surface area (Å²) in [5.74, 6) is -0.912. The molecule has 4 heteroatoms. The Hall–Kier alpha value is -3.53. The van der Waals surface area contributed by atoms with Gasteiger partial charge in [-0.3, -0.25) is 9.59 Å². The summed E-state index contributed by atoms with van der Waals surface area (Å²) >= 11 is 0. The van der Waals surface area contributed by atoms with Crippen LogP contribution in [0.2, 0.25) is 0 Å². The lowest BCUT2D eigenvalue weighted by molar-refractivity contribution is 0.0280. The molecule has 0 saturated carbocycles. The summed E-state index contributed by atoms with van der Waals surface area (Å²) < 4.78 is 5.61. The minimum atomic E-state index is -1.05. The summed E-state index contributed by atoms with van der Waals surface area (Å²) in [6.07, 6.45) is -0.355. The molecule has 0 aromatic heterocycles. The Morgan fingerprint density at radius 2 is 1.25 bits per heavy atom. The van der Waals surface area contributed by atoms with Crippen molar-refractivity contribution in [3.05, 3.63) is 106 Å². The number of esters is 1. The minimum Gasteiger partial charge on any atom is -0.445 e. The Morgan fingerprint density at radius 3 is 1.79 bits per heavy atom. The van der Waals surface area contributed by atoms with Crippen molar-refractivity contribution < 1.29 is 19.1 Å². The van der Waals surface area contributed by atoms with Gasteiger partial charge in [-0.2, -0.15) is 0 Å². The molecule has 0 bridgehead atoms. The van der Waals surface area contributed by atoms with Gasteiger partial charge in [0.1, 0.15) is 6.29 Å². The Labute approximate surface area is 163 Å². The van der Waals surface area contributed by atoms with Gasteiger partial charge in [0, 0.05) is 16.7 Å². The monoisotopic (exact) mass is 372 g/mol. The van der Waals surface area contributed by atoms with E-state index in [-0.39, 0.29) is 11.3 Å². The van der Waals surface area contributed by atoms with Gasteiger partial charge in [-0.25, -0.2) is 4.79 Å². The van der Waals surface area contributed by atoms with Crippen molar-refractivity contribution in [2.75, 3.05) is 0 Å². The van der Waals surface area contributed by atoms with Crippen molar-refractivity contribution in [1.82, 2.24) is 0 Å². The number of ketones is 1. The van der Waals surface area contributed by atoms with E-state index in [4.69, 9.17) is 4.74 Å². The van der Waals surface area contributed by atoms with E-state index in [2.05, 4.69) is 0 Å². The van der Waals surface area contributed by atoms with Gasteiger partial charge < -0.3 is 4.74 Å². The van der Waals surface area contributed by atoms with E-state index < -0.39 is 12.1 Å². The standard InChI is InChI=1S/C24H20O4/c1-16-3-9-19(10-4-16)22(26)23(20-11-5-17(2)6-12-20)28-24(27)21-13-7-18(15-25)8-14-21/h3-15,23H,1-2H3/t23-/m0/s1. The number of aldehydes is 1. The van der Waals surface area contributed by atoms with E-state index in [0.717, 1.165) is 11.1 Å². The van der Waals surface area contributed by atoms with Gasteiger partial charge in [0.15, 0.2) is 6.10 Å². The number of ether oxygens (including phenoxy) is 1. The maximum atomic E-state index is 13.1. The normalized spacial score (nSPS) is 11.5. The van der Waals surface area contributed by atoms with Crippen molar-refractivity contribution in [1.29, 1.82) is 0 Å². The van der Waals surface area contributed by atoms with Crippen LogP contribution in [-0.2, 0) is 4.74 Å². The average molecular weight is 372 g/mol. The second kappa shape index (κ2) is 8.44. The summed E-state index contributed by atoms with van der Waals surface area (Å²) in [4.78, 5) is 36.5. The van der Waals surface area contributed by atoms with Crippen molar-refractivity contribution in [2.45, 2.75) is 20.0 Å². The van der Waals surface area contributed by atoms with Gasteiger partial charge in [-0.15, -0.1) is 0 Å². The summed E-state index contributed by atoms with van der Waals surface area (Å²) in [7, 11) is 0. The lowest BCUT2D eigenvalue weighted by atomic mass is 9.98. The molecule has 0 aliphatic heterocycles. The third-order valence-corrected chi connectivity index (χ3v) is 4.46. The van der Waals surface area contributed by atoms with Crippen LogP contribution in [-0.4, -0.2) is 18.0 Å². The SMILES string of the molecule is Cc1ccc(C(=O)[C@@H](OC(=O)c2ccc(C=O)cc2)c2ccc(C)cc2)cc1. The summed E-state index contributed by atoms with van der Waals surface area (Å²) in [5.41, 5.74) is 3.90. The molecule has 0 aliphatic carbocycles. The molecule has 0 amide bonds. The topological polar surface area (TPSA) is 60.4 Å². The molecule has 0 spiro atoms.